The monoisotopic (exact) mass is 326 g/mol. The number of rotatable bonds is 4. The van der Waals surface area contributed by atoms with Gasteiger partial charge in [0.2, 0.25) is 5.91 Å². The highest BCUT2D eigenvalue weighted by atomic mass is 79.9. The first-order chi connectivity index (χ1) is 9.10. The molecule has 3 atom stereocenters. The van der Waals surface area contributed by atoms with E-state index in [9.17, 15) is 4.79 Å². The average molecular weight is 327 g/mol. The van der Waals surface area contributed by atoms with Crippen LogP contribution in [-0.2, 0) is 9.53 Å². The Kier molecular flexibility index (Phi) is 4.96. The van der Waals surface area contributed by atoms with E-state index in [-0.39, 0.29) is 24.1 Å². The maximum absolute atomic E-state index is 12.1. The number of nitrogens with one attached hydrogen (secondary N) is 2. The first kappa shape index (κ1) is 14.5. The van der Waals surface area contributed by atoms with Gasteiger partial charge in [0.05, 0.1) is 18.2 Å². The molecule has 0 radical (unpaired) electrons. The fourth-order valence-electron chi connectivity index (χ4n) is 2.26. The summed E-state index contributed by atoms with van der Waals surface area (Å²) >= 11 is 3.44. The van der Waals surface area contributed by atoms with E-state index >= 15 is 0 Å². The summed E-state index contributed by atoms with van der Waals surface area (Å²) in [6, 6.07) is 7.81. The van der Waals surface area contributed by atoms with Crippen LogP contribution in [0.1, 0.15) is 24.9 Å². The summed E-state index contributed by atoms with van der Waals surface area (Å²) in [6.07, 6.45) is 0.866. The molecule has 5 heteroatoms. The van der Waals surface area contributed by atoms with Crippen LogP contribution in [0.15, 0.2) is 28.7 Å². The molecule has 2 rings (SSSR count). The average Bonchev–Trinajstić information content (AvgIpc) is 2.87. The summed E-state index contributed by atoms with van der Waals surface area (Å²) in [5, 5.41) is 6.21. The van der Waals surface area contributed by atoms with Gasteiger partial charge in [0.15, 0.2) is 0 Å². The van der Waals surface area contributed by atoms with E-state index in [1.807, 2.05) is 31.2 Å². The molecule has 0 aromatic heterocycles. The van der Waals surface area contributed by atoms with Crippen molar-refractivity contribution < 1.29 is 9.53 Å². The molecule has 1 aliphatic rings. The molecule has 1 fully saturated rings. The smallest absolute Gasteiger partial charge is 0.237 e. The molecular weight excluding hydrogens is 308 g/mol. The lowest BCUT2D eigenvalue weighted by molar-refractivity contribution is -0.123. The fraction of sp³-hybridized carbons (Fsp3) is 0.500. The number of carbonyl (C=O) groups is 1. The first-order valence-electron chi connectivity index (χ1n) is 6.42. The van der Waals surface area contributed by atoms with Crippen LogP contribution < -0.4 is 10.6 Å². The topological polar surface area (TPSA) is 50.4 Å². The molecule has 2 N–H and O–H groups in total. The second-order valence-corrected chi connectivity index (χ2v) is 5.76. The van der Waals surface area contributed by atoms with Crippen LogP contribution in [0.4, 0.5) is 0 Å². The van der Waals surface area contributed by atoms with Gasteiger partial charge in [-0.2, -0.15) is 0 Å². The van der Waals surface area contributed by atoms with E-state index in [1.54, 1.807) is 7.11 Å². The van der Waals surface area contributed by atoms with E-state index in [4.69, 9.17) is 4.74 Å². The van der Waals surface area contributed by atoms with Crippen molar-refractivity contribution in [2.75, 3.05) is 13.7 Å². The van der Waals surface area contributed by atoms with Crippen molar-refractivity contribution in [3.63, 3.8) is 0 Å². The van der Waals surface area contributed by atoms with Crippen molar-refractivity contribution in [3.8, 4) is 0 Å². The van der Waals surface area contributed by atoms with Crippen LogP contribution >= 0.6 is 15.9 Å². The Bertz CT molecular complexity index is 453. The van der Waals surface area contributed by atoms with Gasteiger partial charge in [0, 0.05) is 18.1 Å². The first-order valence-corrected chi connectivity index (χ1v) is 7.21. The van der Waals surface area contributed by atoms with Crippen LogP contribution in [0, 0.1) is 0 Å². The maximum atomic E-state index is 12.1. The van der Waals surface area contributed by atoms with Crippen molar-refractivity contribution >= 4 is 21.8 Å². The van der Waals surface area contributed by atoms with Crippen LogP contribution in [0.25, 0.3) is 0 Å². The third-order valence-corrected chi connectivity index (χ3v) is 3.94. The molecule has 2 unspecified atom stereocenters. The lowest BCUT2D eigenvalue weighted by Gasteiger charge is -2.18. The number of halogens is 1. The minimum Gasteiger partial charge on any atom is -0.380 e. The number of hydrogen-bond acceptors (Lipinski definition) is 3. The van der Waals surface area contributed by atoms with Crippen molar-refractivity contribution in [3.05, 3.63) is 34.3 Å². The lowest BCUT2D eigenvalue weighted by atomic mass is 10.1. The molecule has 1 saturated heterocycles. The molecule has 0 saturated carbocycles. The quantitative estimate of drug-likeness (QED) is 0.889. The van der Waals surface area contributed by atoms with Crippen LogP contribution in [-0.4, -0.2) is 31.7 Å². The van der Waals surface area contributed by atoms with Gasteiger partial charge in [-0.15, -0.1) is 0 Å². The van der Waals surface area contributed by atoms with Gasteiger partial charge in [0.1, 0.15) is 0 Å². The van der Waals surface area contributed by atoms with E-state index in [1.165, 1.54) is 0 Å². The summed E-state index contributed by atoms with van der Waals surface area (Å²) in [5.74, 6) is 0.0343. The number of methoxy groups -OCH3 is 1. The van der Waals surface area contributed by atoms with E-state index < -0.39 is 0 Å². The molecule has 1 heterocycles. The summed E-state index contributed by atoms with van der Waals surface area (Å²) in [5.41, 5.74) is 1.09. The molecule has 19 heavy (non-hydrogen) atoms. The fourth-order valence-corrected chi connectivity index (χ4v) is 2.67. The van der Waals surface area contributed by atoms with E-state index in [0.29, 0.717) is 0 Å². The predicted molar refractivity (Wildman–Crippen MR) is 77.9 cm³/mol. The van der Waals surface area contributed by atoms with Crippen LogP contribution in [0.2, 0.25) is 0 Å². The Hall–Kier alpha value is -0.910. The lowest BCUT2D eigenvalue weighted by Crippen LogP contribution is -2.41. The predicted octanol–water partition coefficient (Wildman–Crippen LogP) is 2.00. The van der Waals surface area contributed by atoms with Gasteiger partial charge in [-0.3, -0.25) is 4.79 Å². The van der Waals surface area contributed by atoms with Gasteiger partial charge >= 0.3 is 0 Å². The SMILES string of the molecule is COC1CNC(C(=O)N[C@@H](C)c2cccc(Br)c2)C1. The summed E-state index contributed by atoms with van der Waals surface area (Å²) in [6.45, 7) is 2.72. The molecule has 0 bridgehead atoms. The summed E-state index contributed by atoms with van der Waals surface area (Å²) in [4.78, 5) is 12.1. The largest absolute Gasteiger partial charge is 0.380 e. The minimum atomic E-state index is -0.153. The van der Waals surface area contributed by atoms with Crippen LogP contribution in [0.5, 0.6) is 0 Å². The molecule has 0 aliphatic carbocycles. The third-order valence-electron chi connectivity index (χ3n) is 3.45. The highest BCUT2D eigenvalue weighted by Crippen LogP contribution is 2.18. The van der Waals surface area contributed by atoms with Crippen molar-refractivity contribution in [2.45, 2.75) is 31.5 Å². The summed E-state index contributed by atoms with van der Waals surface area (Å²) < 4.78 is 6.27. The summed E-state index contributed by atoms with van der Waals surface area (Å²) in [7, 11) is 1.68. The highest BCUT2D eigenvalue weighted by Gasteiger charge is 2.29. The molecule has 1 aromatic rings. The number of carbonyl (C=O) groups excluding carboxylic acids is 1. The zero-order valence-electron chi connectivity index (χ0n) is 11.2. The molecule has 4 nitrogen and oxygen atoms in total. The van der Waals surface area contributed by atoms with E-state index in [2.05, 4.69) is 26.6 Å². The van der Waals surface area contributed by atoms with Crippen molar-refractivity contribution in [1.82, 2.24) is 10.6 Å². The molecule has 1 aromatic carbocycles. The van der Waals surface area contributed by atoms with Gasteiger partial charge in [-0.1, -0.05) is 28.1 Å². The minimum absolute atomic E-state index is 0.00612. The standard InChI is InChI=1S/C14H19BrN2O2/c1-9(10-4-3-5-11(15)6-10)17-14(18)13-7-12(19-2)8-16-13/h3-6,9,12-13,16H,7-8H2,1-2H3,(H,17,18)/t9-,12?,13?/m0/s1. The number of amides is 1. The van der Waals surface area contributed by atoms with Gasteiger partial charge in [0.25, 0.3) is 0 Å². The maximum Gasteiger partial charge on any atom is 0.237 e. The zero-order valence-corrected chi connectivity index (χ0v) is 12.7. The zero-order chi connectivity index (χ0) is 13.8. The Balaban J connectivity index is 1.92. The Morgan fingerprint density at radius 3 is 3.00 bits per heavy atom. The van der Waals surface area contributed by atoms with Crippen molar-refractivity contribution in [1.29, 1.82) is 0 Å². The molecule has 1 amide bonds. The molecule has 0 spiro atoms. The van der Waals surface area contributed by atoms with Gasteiger partial charge in [-0.25, -0.2) is 0 Å². The highest BCUT2D eigenvalue weighted by molar-refractivity contribution is 9.10. The molecular formula is C14H19BrN2O2. The van der Waals surface area contributed by atoms with Crippen molar-refractivity contribution in [2.24, 2.45) is 0 Å². The van der Waals surface area contributed by atoms with E-state index in [0.717, 1.165) is 23.0 Å². The number of ether oxygens (including phenoxy) is 1. The number of hydrogen-bond donors (Lipinski definition) is 2. The Labute approximate surface area is 122 Å². The normalized spacial score (nSPS) is 24.2. The van der Waals surface area contributed by atoms with Gasteiger partial charge < -0.3 is 15.4 Å². The number of benzene rings is 1. The Morgan fingerprint density at radius 1 is 1.58 bits per heavy atom. The molecule has 1 aliphatic heterocycles. The van der Waals surface area contributed by atoms with Gasteiger partial charge in [-0.05, 0) is 31.0 Å². The molecule has 104 valence electrons. The third kappa shape index (κ3) is 3.78. The Morgan fingerprint density at radius 2 is 2.37 bits per heavy atom. The van der Waals surface area contributed by atoms with Crippen LogP contribution in [0.3, 0.4) is 0 Å². The second-order valence-electron chi connectivity index (χ2n) is 4.84. The second kappa shape index (κ2) is 6.50.